The fraction of sp³-hybridized carbons (Fsp3) is 0.611. The number of likely N-dealkylation sites (N-methyl/N-ethyl adjacent to an activating group) is 1. The molecule has 0 aliphatic heterocycles. The van der Waals surface area contributed by atoms with Crippen molar-refractivity contribution < 1.29 is 22.1 Å². The van der Waals surface area contributed by atoms with Crippen LogP contribution in [0.25, 0.3) is 0 Å². The summed E-state index contributed by atoms with van der Waals surface area (Å²) in [5, 5.41) is 0.867. The summed E-state index contributed by atoms with van der Waals surface area (Å²) in [7, 11) is -1.82. The number of rotatable bonds is 8. The van der Waals surface area contributed by atoms with E-state index < -0.39 is 21.8 Å². The summed E-state index contributed by atoms with van der Waals surface area (Å²) >= 11 is 12.1. The van der Waals surface area contributed by atoms with Crippen LogP contribution in [0.1, 0.15) is 45.1 Å². The predicted molar refractivity (Wildman–Crippen MR) is 108 cm³/mol. The van der Waals surface area contributed by atoms with Gasteiger partial charge in [0, 0.05) is 19.5 Å². The van der Waals surface area contributed by atoms with Gasteiger partial charge in [-0.2, -0.15) is 8.42 Å². The van der Waals surface area contributed by atoms with E-state index in [1.54, 1.807) is 40.0 Å². The lowest BCUT2D eigenvalue weighted by molar-refractivity contribution is 0.0286. The molecule has 1 amide bonds. The van der Waals surface area contributed by atoms with E-state index in [0.29, 0.717) is 29.4 Å². The van der Waals surface area contributed by atoms with E-state index in [-0.39, 0.29) is 12.5 Å². The number of amides is 1. The molecule has 1 rings (SSSR count). The molecule has 0 heterocycles. The maximum atomic E-state index is 12.3. The van der Waals surface area contributed by atoms with E-state index >= 15 is 0 Å². The van der Waals surface area contributed by atoms with Crippen molar-refractivity contribution in [2.24, 2.45) is 0 Å². The first-order valence-electron chi connectivity index (χ1n) is 8.52. The maximum Gasteiger partial charge on any atom is 0.410 e. The second-order valence-corrected chi connectivity index (χ2v) is 9.86. The Bertz CT molecular complexity index is 747. The van der Waals surface area contributed by atoms with E-state index in [0.717, 1.165) is 11.8 Å². The summed E-state index contributed by atoms with van der Waals surface area (Å²) in [6.45, 7) is 5.87. The first-order chi connectivity index (χ1) is 12.3. The van der Waals surface area contributed by atoms with Crippen LogP contribution < -0.4 is 0 Å². The lowest BCUT2D eigenvalue weighted by Gasteiger charge is -2.28. The van der Waals surface area contributed by atoms with Crippen LogP contribution in [0.5, 0.6) is 0 Å². The predicted octanol–water partition coefficient (Wildman–Crippen LogP) is 4.70. The molecule has 0 spiro atoms. The maximum absolute atomic E-state index is 12.3. The van der Waals surface area contributed by atoms with Crippen molar-refractivity contribution in [3.8, 4) is 0 Å². The quantitative estimate of drug-likeness (QED) is 0.433. The van der Waals surface area contributed by atoms with Crippen molar-refractivity contribution in [1.29, 1.82) is 0 Å². The molecular formula is C18H27Cl2NO5S. The third kappa shape index (κ3) is 9.65. The van der Waals surface area contributed by atoms with Gasteiger partial charge in [-0.05, 0) is 51.3 Å². The Morgan fingerprint density at radius 2 is 1.85 bits per heavy atom. The lowest BCUT2D eigenvalue weighted by Crippen LogP contribution is -2.36. The fourth-order valence-corrected chi connectivity index (χ4v) is 3.14. The van der Waals surface area contributed by atoms with Crippen molar-refractivity contribution in [2.75, 3.05) is 26.5 Å². The van der Waals surface area contributed by atoms with E-state index in [2.05, 4.69) is 0 Å². The molecule has 154 valence electrons. The van der Waals surface area contributed by atoms with Gasteiger partial charge >= 0.3 is 6.09 Å². The summed E-state index contributed by atoms with van der Waals surface area (Å²) in [6, 6.07) is 5.31. The van der Waals surface area contributed by atoms with Gasteiger partial charge in [-0.25, -0.2) is 4.79 Å². The molecule has 0 N–H and O–H groups in total. The molecule has 1 atom stereocenters. The van der Waals surface area contributed by atoms with Gasteiger partial charge in [0.15, 0.2) is 0 Å². The van der Waals surface area contributed by atoms with Crippen LogP contribution in [0.4, 0.5) is 4.79 Å². The molecule has 0 bridgehead atoms. The molecule has 0 aliphatic carbocycles. The molecule has 9 heteroatoms. The minimum atomic E-state index is -3.48. The van der Waals surface area contributed by atoms with Crippen molar-refractivity contribution in [2.45, 2.75) is 45.1 Å². The number of nitrogens with zero attached hydrogens (tertiary/aromatic N) is 1. The molecule has 1 aromatic rings. The summed E-state index contributed by atoms with van der Waals surface area (Å²) < 4.78 is 32.4. The van der Waals surface area contributed by atoms with Crippen LogP contribution in [0.2, 0.25) is 10.0 Å². The van der Waals surface area contributed by atoms with E-state index in [9.17, 15) is 13.2 Å². The van der Waals surface area contributed by atoms with Crippen LogP contribution in [0.3, 0.4) is 0 Å². The average molecular weight is 440 g/mol. The Hall–Kier alpha value is -1.02. The van der Waals surface area contributed by atoms with Gasteiger partial charge in [0.05, 0.1) is 22.9 Å². The van der Waals surface area contributed by atoms with Gasteiger partial charge in [-0.15, -0.1) is 0 Å². The Morgan fingerprint density at radius 1 is 1.22 bits per heavy atom. The summed E-state index contributed by atoms with van der Waals surface area (Å²) in [5.74, 6) is -0.0829. The monoisotopic (exact) mass is 439 g/mol. The van der Waals surface area contributed by atoms with Gasteiger partial charge in [-0.3, -0.25) is 4.18 Å². The van der Waals surface area contributed by atoms with E-state index in [1.165, 1.54) is 4.90 Å². The van der Waals surface area contributed by atoms with Crippen molar-refractivity contribution >= 4 is 39.4 Å². The van der Waals surface area contributed by atoms with Gasteiger partial charge in [0.25, 0.3) is 10.1 Å². The SMILES string of the molecule is CN(CC(CCCOS(C)(=O)=O)c1ccc(Cl)c(Cl)c1)C(=O)OC(C)(C)C. The minimum absolute atomic E-state index is 0.0762. The normalized spacial score (nSPS) is 13.3. The van der Waals surface area contributed by atoms with E-state index in [1.807, 2.05) is 6.07 Å². The number of hydrogen-bond acceptors (Lipinski definition) is 5. The van der Waals surface area contributed by atoms with Crippen LogP contribution in [0.15, 0.2) is 18.2 Å². The molecule has 1 unspecified atom stereocenters. The summed E-state index contributed by atoms with van der Waals surface area (Å²) in [5.41, 5.74) is 0.312. The average Bonchev–Trinajstić information content (AvgIpc) is 2.50. The zero-order valence-corrected chi connectivity index (χ0v) is 18.6. The second kappa shape index (κ2) is 9.96. The smallest absolute Gasteiger partial charge is 0.410 e. The van der Waals surface area contributed by atoms with Crippen LogP contribution in [0, 0.1) is 0 Å². The highest BCUT2D eigenvalue weighted by atomic mass is 35.5. The number of carbonyl (C=O) groups is 1. The highest BCUT2D eigenvalue weighted by molar-refractivity contribution is 7.85. The molecule has 0 saturated carbocycles. The van der Waals surface area contributed by atoms with Gasteiger partial charge in [-0.1, -0.05) is 29.3 Å². The molecule has 1 aromatic carbocycles. The first-order valence-corrected chi connectivity index (χ1v) is 11.1. The third-order valence-corrected chi connectivity index (χ3v) is 4.94. The van der Waals surface area contributed by atoms with Gasteiger partial charge in [0.2, 0.25) is 0 Å². The molecule has 0 aromatic heterocycles. The highest BCUT2D eigenvalue weighted by Crippen LogP contribution is 2.29. The van der Waals surface area contributed by atoms with Crippen LogP contribution >= 0.6 is 23.2 Å². The minimum Gasteiger partial charge on any atom is -0.444 e. The van der Waals surface area contributed by atoms with Gasteiger partial charge < -0.3 is 9.64 Å². The lowest BCUT2D eigenvalue weighted by atomic mass is 9.94. The number of halogens is 2. The second-order valence-electron chi connectivity index (χ2n) is 7.40. The Kier molecular flexibility index (Phi) is 8.86. The number of ether oxygens (including phenoxy) is 1. The fourth-order valence-electron chi connectivity index (χ4n) is 2.41. The number of benzene rings is 1. The number of carbonyl (C=O) groups excluding carboxylic acids is 1. The molecule has 0 saturated heterocycles. The largest absolute Gasteiger partial charge is 0.444 e. The molecule has 0 fully saturated rings. The molecule has 27 heavy (non-hydrogen) atoms. The van der Waals surface area contributed by atoms with Crippen molar-refractivity contribution in [1.82, 2.24) is 4.90 Å². The van der Waals surface area contributed by atoms with Crippen LogP contribution in [-0.4, -0.2) is 51.5 Å². The summed E-state index contributed by atoms with van der Waals surface area (Å²) in [6.07, 6.45) is 1.68. The molecule has 0 radical (unpaired) electrons. The zero-order valence-electron chi connectivity index (χ0n) is 16.3. The number of hydrogen-bond donors (Lipinski definition) is 0. The zero-order chi connectivity index (χ0) is 20.8. The van der Waals surface area contributed by atoms with Crippen LogP contribution in [-0.2, 0) is 19.0 Å². The van der Waals surface area contributed by atoms with Crippen molar-refractivity contribution in [3.63, 3.8) is 0 Å². The molecule has 0 aliphatic rings. The first kappa shape index (κ1) is 24.0. The Balaban J connectivity index is 2.86. The molecule has 6 nitrogen and oxygen atoms in total. The third-order valence-electron chi connectivity index (χ3n) is 3.61. The Labute approximate surface area is 171 Å². The van der Waals surface area contributed by atoms with Gasteiger partial charge in [0.1, 0.15) is 5.60 Å². The summed E-state index contributed by atoms with van der Waals surface area (Å²) in [4.78, 5) is 13.8. The molecular weight excluding hydrogens is 413 g/mol. The van der Waals surface area contributed by atoms with E-state index in [4.69, 9.17) is 32.1 Å². The Morgan fingerprint density at radius 3 is 2.37 bits per heavy atom. The standard InChI is InChI=1S/C18H27Cl2NO5S/c1-18(2,3)26-17(22)21(4)12-14(7-6-10-25-27(5,23)24)13-8-9-15(19)16(20)11-13/h8-9,11,14H,6-7,10,12H2,1-5H3. The highest BCUT2D eigenvalue weighted by Gasteiger charge is 2.23. The topological polar surface area (TPSA) is 72.9 Å². The van der Waals surface area contributed by atoms with Crippen molar-refractivity contribution in [3.05, 3.63) is 33.8 Å².